The molecule has 4 heteroatoms. The lowest BCUT2D eigenvalue weighted by molar-refractivity contribution is 0.116. The van der Waals surface area contributed by atoms with Crippen LogP contribution < -0.4 is 5.32 Å². The van der Waals surface area contributed by atoms with Crippen LogP contribution in [0.5, 0.6) is 0 Å². The number of rotatable bonds is 6. The Bertz CT molecular complexity index is 284. The third-order valence-corrected chi connectivity index (χ3v) is 3.76. The molecule has 0 amide bonds. The normalized spacial score (nSPS) is 24.8. The van der Waals surface area contributed by atoms with Gasteiger partial charge in [0.2, 0.25) is 0 Å². The number of hydrogen-bond acceptors (Lipinski definition) is 4. The van der Waals surface area contributed by atoms with Crippen LogP contribution in [-0.4, -0.2) is 61.7 Å². The summed E-state index contributed by atoms with van der Waals surface area (Å²) < 4.78 is 0. The molecule has 1 rings (SSSR count). The molecule has 18 heavy (non-hydrogen) atoms. The number of nitriles is 1. The maximum absolute atomic E-state index is 9.37. The highest BCUT2D eigenvalue weighted by atomic mass is 15.2. The van der Waals surface area contributed by atoms with Crippen molar-refractivity contribution in [3.63, 3.8) is 0 Å². The highest BCUT2D eigenvalue weighted by molar-refractivity contribution is 5.06. The predicted molar refractivity (Wildman–Crippen MR) is 75.5 cm³/mol. The van der Waals surface area contributed by atoms with Crippen LogP contribution in [-0.2, 0) is 0 Å². The Morgan fingerprint density at radius 2 is 2.22 bits per heavy atom. The van der Waals surface area contributed by atoms with E-state index in [0.717, 1.165) is 32.6 Å². The molecule has 0 aliphatic carbocycles. The van der Waals surface area contributed by atoms with Crippen LogP contribution in [0, 0.1) is 11.3 Å². The van der Waals surface area contributed by atoms with E-state index < -0.39 is 5.54 Å². The Labute approximate surface area is 112 Å². The second-order valence-corrected chi connectivity index (χ2v) is 5.87. The Morgan fingerprint density at radius 1 is 1.50 bits per heavy atom. The van der Waals surface area contributed by atoms with Crippen LogP contribution in [0.3, 0.4) is 0 Å². The summed E-state index contributed by atoms with van der Waals surface area (Å²) in [5.74, 6) is 0. The first-order valence-electron chi connectivity index (χ1n) is 7.06. The molecule has 1 fully saturated rings. The van der Waals surface area contributed by atoms with Crippen LogP contribution in [0.4, 0.5) is 0 Å². The van der Waals surface area contributed by atoms with Gasteiger partial charge in [-0.25, -0.2) is 0 Å². The number of likely N-dealkylation sites (tertiary alicyclic amines) is 1. The van der Waals surface area contributed by atoms with E-state index in [2.05, 4.69) is 42.2 Å². The molecule has 1 N–H and O–H groups in total. The van der Waals surface area contributed by atoms with Crippen LogP contribution in [0.1, 0.15) is 33.1 Å². The molecule has 1 saturated heterocycles. The molecule has 2 unspecified atom stereocenters. The number of likely N-dealkylation sites (N-methyl/N-ethyl adjacent to an activating group) is 1. The summed E-state index contributed by atoms with van der Waals surface area (Å²) >= 11 is 0. The van der Waals surface area contributed by atoms with Gasteiger partial charge in [-0.1, -0.05) is 6.92 Å². The lowest BCUT2D eigenvalue weighted by Gasteiger charge is -2.39. The monoisotopic (exact) mass is 252 g/mol. The van der Waals surface area contributed by atoms with Gasteiger partial charge in [-0.2, -0.15) is 5.26 Å². The molecule has 0 aromatic heterocycles. The predicted octanol–water partition coefficient (Wildman–Crippen LogP) is 1.29. The lowest BCUT2D eigenvalue weighted by atomic mass is 9.99. The van der Waals surface area contributed by atoms with E-state index in [9.17, 15) is 5.26 Å². The first-order valence-corrected chi connectivity index (χ1v) is 7.06. The van der Waals surface area contributed by atoms with Crippen LogP contribution in [0.15, 0.2) is 0 Å². The van der Waals surface area contributed by atoms with Crippen molar-refractivity contribution in [2.45, 2.75) is 44.7 Å². The number of piperidine rings is 1. The van der Waals surface area contributed by atoms with Crippen molar-refractivity contribution in [3.8, 4) is 6.07 Å². The topological polar surface area (TPSA) is 42.3 Å². The molecule has 2 atom stereocenters. The van der Waals surface area contributed by atoms with Gasteiger partial charge in [-0.15, -0.1) is 0 Å². The standard InChI is InChI=1S/C14H28N4/c1-5-8-16-14(2,11-15)12-18-9-6-7-13(10-18)17(3)4/h13,16H,5-10,12H2,1-4H3. The minimum atomic E-state index is -0.412. The number of hydrogen-bond donors (Lipinski definition) is 1. The molecule has 104 valence electrons. The van der Waals surface area contributed by atoms with Gasteiger partial charge in [-0.3, -0.25) is 10.2 Å². The molecule has 0 spiro atoms. The molecular weight excluding hydrogens is 224 g/mol. The molecule has 0 saturated carbocycles. The Morgan fingerprint density at radius 3 is 2.78 bits per heavy atom. The van der Waals surface area contributed by atoms with Crippen LogP contribution in [0.25, 0.3) is 0 Å². The van der Waals surface area contributed by atoms with E-state index in [1.807, 2.05) is 6.92 Å². The van der Waals surface area contributed by atoms with Crippen LogP contribution in [0.2, 0.25) is 0 Å². The summed E-state index contributed by atoms with van der Waals surface area (Å²) in [5, 5.41) is 12.7. The summed E-state index contributed by atoms with van der Waals surface area (Å²) in [5.41, 5.74) is -0.412. The zero-order valence-corrected chi connectivity index (χ0v) is 12.4. The molecule has 1 aliphatic heterocycles. The fraction of sp³-hybridized carbons (Fsp3) is 0.929. The smallest absolute Gasteiger partial charge is 0.116 e. The summed E-state index contributed by atoms with van der Waals surface area (Å²) in [6, 6.07) is 3.07. The van der Waals surface area contributed by atoms with E-state index in [1.165, 1.54) is 12.8 Å². The second-order valence-electron chi connectivity index (χ2n) is 5.87. The second kappa shape index (κ2) is 7.08. The Kier molecular flexibility index (Phi) is 6.07. The maximum Gasteiger partial charge on any atom is 0.116 e. The Hall–Kier alpha value is -0.630. The molecule has 0 aromatic carbocycles. The molecule has 1 heterocycles. The molecular formula is C14H28N4. The molecule has 0 bridgehead atoms. The zero-order valence-electron chi connectivity index (χ0n) is 12.4. The van der Waals surface area contributed by atoms with Gasteiger partial charge in [0.15, 0.2) is 0 Å². The van der Waals surface area contributed by atoms with Gasteiger partial charge in [0.1, 0.15) is 5.54 Å². The van der Waals surface area contributed by atoms with E-state index >= 15 is 0 Å². The van der Waals surface area contributed by atoms with Crippen molar-refractivity contribution < 1.29 is 0 Å². The first-order chi connectivity index (χ1) is 8.50. The summed E-state index contributed by atoms with van der Waals surface area (Å²) in [6.07, 6.45) is 3.57. The summed E-state index contributed by atoms with van der Waals surface area (Å²) in [7, 11) is 4.29. The third-order valence-electron chi connectivity index (χ3n) is 3.76. The fourth-order valence-corrected chi connectivity index (χ4v) is 2.58. The summed E-state index contributed by atoms with van der Waals surface area (Å²) in [4.78, 5) is 4.73. The number of nitrogens with zero attached hydrogens (tertiary/aromatic N) is 3. The fourth-order valence-electron chi connectivity index (χ4n) is 2.58. The van der Waals surface area contributed by atoms with Crippen LogP contribution >= 0.6 is 0 Å². The van der Waals surface area contributed by atoms with Gasteiger partial charge in [0.05, 0.1) is 6.07 Å². The molecule has 0 aromatic rings. The average molecular weight is 252 g/mol. The highest BCUT2D eigenvalue weighted by Crippen LogP contribution is 2.16. The van der Waals surface area contributed by atoms with Gasteiger partial charge < -0.3 is 4.90 Å². The molecule has 0 radical (unpaired) electrons. The first kappa shape index (κ1) is 15.4. The van der Waals surface area contributed by atoms with E-state index in [1.54, 1.807) is 0 Å². The average Bonchev–Trinajstić information content (AvgIpc) is 2.36. The summed E-state index contributed by atoms with van der Waals surface area (Å²) in [6.45, 7) is 8.09. The van der Waals surface area contributed by atoms with Gasteiger partial charge in [0, 0.05) is 19.1 Å². The number of nitrogens with one attached hydrogen (secondary N) is 1. The Balaban J connectivity index is 2.51. The molecule has 1 aliphatic rings. The quantitative estimate of drug-likeness (QED) is 0.773. The van der Waals surface area contributed by atoms with Gasteiger partial charge in [-0.05, 0) is 53.4 Å². The van der Waals surface area contributed by atoms with Crippen molar-refractivity contribution >= 4 is 0 Å². The van der Waals surface area contributed by atoms with Crippen molar-refractivity contribution in [2.75, 3.05) is 40.3 Å². The molecule has 4 nitrogen and oxygen atoms in total. The van der Waals surface area contributed by atoms with Gasteiger partial charge >= 0.3 is 0 Å². The minimum absolute atomic E-state index is 0.412. The van der Waals surface area contributed by atoms with E-state index in [-0.39, 0.29) is 0 Å². The largest absolute Gasteiger partial charge is 0.305 e. The van der Waals surface area contributed by atoms with Crippen molar-refractivity contribution in [1.82, 2.24) is 15.1 Å². The van der Waals surface area contributed by atoms with E-state index in [4.69, 9.17) is 0 Å². The zero-order chi connectivity index (χ0) is 13.6. The SMILES string of the molecule is CCCNC(C)(C#N)CN1CCCC(N(C)C)C1. The third kappa shape index (κ3) is 4.56. The maximum atomic E-state index is 9.37. The van der Waals surface area contributed by atoms with Crippen molar-refractivity contribution in [3.05, 3.63) is 0 Å². The van der Waals surface area contributed by atoms with Crippen molar-refractivity contribution in [2.24, 2.45) is 0 Å². The van der Waals surface area contributed by atoms with Gasteiger partial charge in [0.25, 0.3) is 0 Å². The highest BCUT2D eigenvalue weighted by Gasteiger charge is 2.29. The van der Waals surface area contributed by atoms with E-state index in [0.29, 0.717) is 6.04 Å². The minimum Gasteiger partial charge on any atom is -0.305 e. The lowest BCUT2D eigenvalue weighted by Crippen LogP contribution is -2.54. The van der Waals surface area contributed by atoms with Crippen molar-refractivity contribution in [1.29, 1.82) is 5.26 Å².